The summed E-state index contributed by atoms with van der Waals surface area (Å²) in [5.74, 6) is 0.656. The van der Waals surface area contributed by atoms with Crippen molar-refractivity contribution in [3.8, 4) is 5.75 Å². The molecular formula is C21H21N3O4. The maximum atomic E-state index is 12.1. The van der Waals surface area contributed by atoms with Crippen molar-refractivity contribution in [3.63, 3.8) is 0 Å². The number of benzene rings is 2. The fourth-order valence-corrected chi connectivity index (χ4v) is 2.52. The topological polar surface area (TPSA) is 92.6 Å². The minimum Gasteiger partial charge on any atom is -0.494 e. The number of carbonyl (C=O) groups excluding carboxylic acids is 2. The van der Waals surface area contributed by atoms with Crippen LogP contribution >= 0.6 is 0 Å². The van der Waals surface area contributed by atoms with Gasteiger partial charge in [0.2, 0.25) is 0 Å². The molecule has 3 rings (SSSR count). The van der Waals surface area contributed by atoms with Crippen LogP contribution in [0.1, 0.15) is 23.0 Å². The Kier molecular flexibility index (Phi) is 6.30. The largest absolute Gasteiger partial charge is 0.494 e. The molecule has 0 radical (unpaired) electrons. The molecule has 0 fully saturated rings. The summed E-state index contributed by atoms with van der Waals surface area (Å²) in [7, 11) is 0. The van der Waals surface area contributed by atoms with Gasteiger partial charge in [0.25, 0.3) is 5.91 Å². The first-order valence-corrected chi connectivity index (χ1v) is 8.85. The Balaban J connectivity index is 1.51. The monoisotopic (exact) mass is 379 g/mol. The van der Waals surface area contributed by atoms with E-state index in [0.29, 0.717) is 24.5 Å². The first kappa shape index (κ1) is 19.0. The second kappa shape index (κ2) is 9.27. The second-order valence-electron chi connectivity index (χ2n) is 5.90. The van der Waals surface area contributed by atoms with Crippen molar-refractivity contribution in [1.29, 1.82) is 0 Å². The molecule has 7 heteroatoms. The third kappa shape index (κ3) is 5.38. The molecule has 3 aromatic rings. The fraction of sp³-hybridized carbons (Fsp3) is 0.143. The molecular weight excluding hydrogens is 358 g/mol. The molecule has 144 valence electrons. The van der Waals surface area contributed by atoms with Crippen LogP contribution in [-0.4, -0.2) is 18.5 Å². The van der Waals surface area contributed by atoms with Crippen LogP contribution < -0.4 is 20.7 Å². The summed E-state index contributed by atoms with van der Waals surface area (Å²) in [5, 5.41) is 8.30. The summed E-state index contributed by atoms with van der Waals surface area (Å²) in [5.41, 5.74) is 2.13. The number of rotatable bonds is 7. The van der Waals surface area contributed by atoms with E-state index in [2.05, 4.69) is 16.0 Å². The molecule has 0 saturated heterocycles. The molecule has 0 unspecified atom stereocenters. The van der Waals surface area contributed by atoms with Crippen LogP contribution in [0.25, 0.3) is 0 Å². The summed E-state index contributed by atoms with van der Waals surface area (Å²) in [6.45, 7) is 2.82. The fourth-order valence-electron chi connectivity index (χ4n) is 2.52. The highest BCUT2D eigenvalue weighted by Gasteiger charge is 2.09. The lowest BCUT2D eigenvalue weighted by molar-refractivity contribution is 0.0996. The van der Waals surface area contributed by atoms with Crippen molar-refractivity contribution < 1.29 is 18.7 Å². The van der Waals surface area contributed by atoms with Gasteiger partial charge in [-0.2, -0.15) is 0 Å². The second-order valence-corrected chi connectivity index (χ2v) is 5.90. The van der Waals surface area contributed by atoms with E-state index >= 15 is 0 Å². The molecule has 1 aromatic heterocycles. The van der Waals surface area contributed by atoms with E-state index in [1.54, 1.807) is 54.6 Å². The van der Waals surface area contributed by atoms with Crippen molar-refractivity contribution in [1.82, 2.24) is 5.32 Å². The van der Waals surface area contributed by atoms with Crippen LogP contribution in [0.15, 0.2) is 71.3 Å². The van der Waals surface area contributed by atoms with Crippen molar-refractivity contribution in [2.75, 3.05) is 17.2 Å². The smallest absolute Gasteiger partial charge is 0.319 e. The van der Waals surface area contributed by atoms with Gasteiger partial charge in [-0.15, -0.1) is 0 Å². The molecule has 3 amide bonds. The number of ether oxygens (including phenoxy) is 1. The van der Waals surface area contributed by atoms with E-state index in [1.807, 2.05) is 13.0 Å². The van der Waals surface area contributed by atoms with Gasteiger partial charge in [0.1, 0.15) is 5.75 Å². The normalized spacial score (nSPS) is 10.2. The Hall–Kier alpha value is -3.74. The van der Waals surface area contributed by atoms with Crippen LogP contribution in [-0.2, 0) is 6.54 Å². The molecule has 0 aliphatic carbocycles. The number of nitrogens with one attached hydrogen (secondary N) is 3. The summed E-state index contributed by atoms with van der Waals surface area (Å²) in [4.78, 5) is 24.1. The van der Waals surface area contributed by atoms with Gasteiger partial charge in [0.05, 0.1) is 12.9 Å². The Bertz CT molecular complexity index is 921. The van der Waals surface area contributed by atoms with E-state index in [1.165, 1.54) is 6.26 Å². The van der Waals surface area contributed by atoms with E-state index in [0.717, 1.165) is 11.3 Å². The van der Waals surface area contributed by atoms with Crippen LogP contribution in [0.3, 0.4) is 0 Å². The zero-order valence-corrected chi connectivity index (χ0v) is 15.4. The van der Waals surface area contributed by atoms with Crippen molar-refractivity contribution in [3.05, 3.63) is 78.3 Å². The molecule has 0 aliphatic heterocycles. The van der Waals surface area contributed by atoms with E-state index in [-0.39, 0.29) is 17.7 Å². The average molecular weight is 379 g/mol. The summed E-state index contributed by atoms with van der Waals surface area (Å²) >= 11 is 0. The summed E-state index contributed by atoms with van der Waals surface area (Å²) in [6, 6.07) is 17.3. The molecule has 1 heterocycles. The van der Waals surface area contributed by atoms with Crippen LogP contribution in [0.2, 0.25) is 0 Å². The standard InChI is InChI=1S/C21H21N3O4/c1-2-27-18-10-8-16(9-11-18)24-21(26)22-14-15-5-3-6-17(13-15)23-20(25)19-7-4-12-28-19/h3-13H,2,14H2,1H3,(H,23,25)(H2,22,24,26). The Morgan fingerprint density at radius 1 is 0.964 bits per heavy atom. The molecule has 0 spiro atoms. The maximum absolute atomic E-state index is 12.1. The van der Waals surface area contributed by atoms with Gasteiger partial charge in [0, 0.05) is 17.9 Å². The number of hydrogen-bond donors (Lipinski definition) is 3. The molecule has 0 atom stereocenters. The minimum atomic E-state index is -0.330. The highest BCUT2D eigenvalue weighted by molar-refractivity contribution is 6.02. The SMILES string of the molecule is CCOc1ccc(NC(=O)NCc2cccc(NC(=O)c3ccco3)c2)cc1. The highest BCUT2D eigenvalue weighted by atomic mass is 16.5. The predicted molar refractivity (Wildman–Crippen MR) is 107 cm³/mol. The number of carbonyl (C=O) groups is 2. The van der Waals surface area contributed by atoms with Gasteiger partial charge >= 0.3 is 6.03 Å². The van der Waals surface area contributed by atoms with Gasteiger partial charge in [-0.25, -0.2) is 4.79 Å². The van der Waals surface area contributed by atoms with Gasteiger partial charge in [0.15, 0.2) is 5.76 Å². The lowest BCUT2D eigenvalue weighted by Crippen LogP contribution is -2.28. The van der Waals surface area contributed by atoms with Crippen LogP contribution in [0.4, 0.5) is 16.2 Å². The summed E-state index contributed by atoms with van der Waals surface area (Å²) < 4.78 is 10.4. The zero-order valence-electron chi connectivity index (χ0n) is 15.4. The van der Waals surface area contributed by atoms with Crippen molar-refractivity contribution >= 4 is 23.3 Å². The third-order valence-electron chi connectivity index (χ3n) is 3.81. The molecule has 0 aliphatic rings. The van der Waals surface area contributed by atoms with E-state index in [4.69, 9.17) is 9.15 Å². The Labute approximate surface area is 162 Å². The molecule has 3 N–H and O–H groups in total. The van der Waals surface area contributed by atoms with Crippen LogP contribution in [0, 0.1) is 0 Å². The van der Waals surface area contributed by atoms with Gasteiger partial charge < -0.3 is 25.1 Å². The maximum Gasteiger partial charge on any atom is 0.319 e. The van der Waals surface area contributed by atoms with Gasteiger partial charge in [-0.05, 0) is 61.0 Å². The highest BCUT2D eigenvalue weighted by Crippen LogP contribution is 2.16. The van der Waals surface area contributed by atoms with Gasteiger partial charge in [-0.3, -0.25) is 4.79 Å². The quantitative estimate of drug-likeness (QED) is 0.572. The van der Waals surface area contributed by atoms with Crippen molar-refractivity contribution in [2.45, 2.75) is 13.5 Å². The summed E-state index contributed by atoms with van der Waals surface area (Å²) in [6.07, 6.45) is 1.44. The average Bonchev–Trinajstić information content (AvgIpc) is 3.24. The number of urea groups is 1. The predicted octanol–water partition coefficient (Wildman–Crippen LogP) is 4.25. The number of furan rings is 1. The molecule has 0 bridgehead atoms. The first-order chi connectivity index (χ1) is 13.6. The molecule has 7 nitrogen and oxygen atoms in total. The zero-order chi connectivity index (χ0) is 19.8. The molecule has 0 saturated carbocycles. The molecule has 28 heavy (non-hydrogen) atoms. The Morgan fingerprint density at radius 2 is 1.79 bits per heavy atom. The number of anilines is 2. The molecule has 2 aromatic carbocycles. The van der Waals surface area contributed by atoms with Crippen LogP contribution in [0.5, 0.6) is 5.75 Å². The number of hydrogen-bond acceptors (Lipinski definition) is 4. The number of amides is 3. The third-order valence-corrected chi connectivity index (χ3v) is 3.81. The van der Waals surface area contributed by atoms with E-state index in [9.17, 15) is 9.59 Å². The van der Waals surface area contributed by atoms with Gasteiger partial charge in [-0.1, -0.05) is 12.1 Å². The minimum absolute atomic E-state index is 0.235. The Morgan fingerprint density at radius 3 is 2.50 bits per heavy atom. The first-order valence-electron chi connectivity index (χ1n) is 8.85. The lowest BCUT2D eigenvalue weighted by Gasteiger charge is -2.10. The van der Waals surface area contributed by atoms with E-state index < -0.39 is 0 Å². The lowest BCUT2D eigenvalue weighted by atomic mass is 10.2. The van der Waals surface area contributed by atoms with Crippen molar-refractivity contribution in [2.24, 2.45) is 0 Å².